The second-order valence-electron chi connectivity index (χ2n) is 4.24. The molecule has 15 heavy (non-hydrogen) atoms. The first-order valence-electron chi connectivity index (χ1n) is 5.31. The second-order valence-corrected chi connectivity index (χ2v) is 4.64. The number of hydrogen-bond acceptors (Lipinski definition) is 3. The van der Waals surface area contributed by atoms with Crippen molar-refractivity contribution in [3.63, 3.8) is 0 Å². The van der Waals surface area contributed by atoms with Crippen molar-refractivity contribution in [3.8, 4) is 0 Å². The predicted octanol–water partition coefficient (Wildman–Crippen LogP) is 3.37. The molecular weight excluding hydrogens is 210 g/mol. The van der Waals surface area contributed by atoms with Crippen molar-refractivity contribution >= 4 is 17.4 Å². The van der Waals surface area contributed by atoms with Gasteiger partial charge in [0.25, 0.3) is 0 Å². The van der Waals surface area contributed by atoms with Gasteiger partial charge >= 0.3 is 0 Å². The molecule has 0 amide bonds. The largest absolute Gasteiger partial charge is 0.366 e. The molecule has 0 fully saturated rings. The molecule has 4 heteroatoms. The first-order chi connectivity index (χ1) is 7.09. The van der Waals surface area contributed by atoms with Crippen LogP contribution in [0.2, 0.25) is 5.02 Å². The molecule has 1 N–H and O–H groups in total. The number of aromatic nitrogens is 2. The van der Waals surface area contributed by atoms with Gasteiger partial charge in [-0.1, -0.05) is 25.4 Å². The normalized spacial score (nSPS) is 12.9. The van der Waals surface area contributed by atoms with Crippen LogP contribution in [0.1, 0.15) is 33.6 Å². The molecule has 0 bridgehead atoms. The summed E-state index contributed by atoms with van der Waals surface area (Å²) in [5, 5.41) is 3.86. The molecule has 84 valence electrons. The van der Waals surface area contributed by atoms with Gasteiger partial charge in [-0.2, -0.15) is 0 Å². The SMILES string of the molecule is CC(C)CCC(C)Nc1ncncc1Cl. The Morgan fingerprint density at radius 1 is 1.33 bits per heavy atom. The number of nitrogens with one attached hydrogen (secondary N) is 1. The summed E-state index contributed by atoms with van der Waals surface area (Å²) in [5.41, 5.74) is 0. The van der Waals surface area contributed by atoms with Crippen LogP contribution in [0.15, 0.2) is 12.5 Å². The van der Waals surface area contributed by atoms with Crippen LogP contribution in [0.4, 0.5) is 5.82 Å². The van der Waals surface area contributed by atoms with E-state index in [2.05, 4.69) is 36.1 Å². The Morgan fingerprint density at radius 3 is 2.67 bits per heavy atom. The quantitative estimate of drug-likeness (QED) is 0.838. The molecule has 0 aliphatic heterocycles. The van der Waals surface area contributed by atoms with E-state index in [4.69, 9.17) is 11.6 Å². The Hall–Kier alpha value is -0.830. The molecule has 1 aromatic rings. The van der Waals surface area contributed by atoms with Gasteiger partial charge in [0.05, 0.1) is 6.20 Å². The van der Waals surface area contributed by atoms with Gasteiger partial charge in [-0.25, -0.2) is 9.97 Å². The van der Waals surface area contributed by atoms with E-state index in [0.29, 0.717) is 11.1 Å². The molecule has 0 saturated carbocycles. The van der Waals surface area contributed by atoms with Crippen LogP contribution in [0, 0.1) is 5.92 Å². The minimum atomic E-state index is 0.389. The fraction of sp³-hybridized carbons (Fsp3) is 0.636. The zero-order valence-electron chi connectivity index (χ0n) is 9.50. The molecule has 3 nitrogen and oxygen atoms in total. The minimum absolute atomic E-state index is 0.389. The summed E-state index contributed by atoms with van der Waals surface area (Å²) in [6.07, 6.45) is 5.43. The fourth-order valence-electron chi connectivity index (χ4n) is 1.31. The maximum Gasteiger partial charge on any atom is 0.148 e. The lowest BCUT2D eigenvalue weighted by molar-refractivity contribution is 0.527. The van der Waals surface area contributed by atoms with Crippen LogP contribution in [0.3, 0.4) is 0 Å². The first-order valence-corrected chi connectivity index (χ1v) is 5.69. The molecule has 1 heterocycles. The second kappa shape index (κ2) is 5.91. The topological polar surface area (TPSA) is 37.8 Å². The summed E-state index contributed by atoms with van der Waals surface area (Å²) < 4.78 is 0. The molecular formula is C11H18ClN3. The molecule has 0 radical (unpaired) electrons. The van der Waals surface area contributed by atoms with Gasteiger partial charge in [-0.15, -0.1) is 0 Å². The highest BCUT2D eigenvalue weighted by Gasteiger charge is 2.06. The third-order valence-corrected chi connectivity index (χ3v) is 2.50. The van der Waals surface area contributed by atoms with Gasteiger partial charge < -0.3 is 5.32 Å². The highest BCUT2D eigenvalue weighted by molar-refractivity contribution is 6.32. The summed E-state index contributed by atoms with van der Waals surface area (Å²) in [6.45, 7) is 6.59. The number of hydrogen-bond donors (Lipinski definition) is 1. The lowest BCUT2D eigenvalue weighted by Crippen LogP contribution is -2.17. The van der Waals surface area contributed by atoms with Gasteiger partial charge in [-0.3, -0.25) is 0 Å². The lowest BCUT2D eigenvalue weighted by atomic mass is 10.0. The van der Waals surface area contributed by atoms with Crippen LogP contribution in [0.5, 0.6) is 0 Å². The number of halogens is 1. The summed E-state index contributed by atoms with van der Waals surface area (Å²) >= 11 is 5.94. The van der Waals surface area contributed by atoms with E-state index in [0.717, 1.165) is 18.2 Å². The summed E-state index contributed by atoms with van der Waals surface area (Å²) in [7, 11) is 0. The van der Waals surface area contributed by atoms with Gasteiger partial charge in [0.15, 0.2) is 0 Å². The van der Waals surface area contributed by atoms with Crippen LogP contribution in [0.25, 0.3) is 0 Å². The maximum atomic E-state index is 5.94. The van der Waals surface area contributed by atoms with Crippen LogP contribution in [-0.4, -0.2) is 16.0 Å². The first kappa shape index (κ1) is 12.2. The van der Waals surface area contributed by atoms with Gasteiger partial charge in [0.1, 0.15) is 17.2 Å². The van der Waals surface area contributed by atoms with Crippen molar-refractivity contribution in [3.05, 3.63) is 17.5 Å². The third kappa shape index (κ3) is 4.47. The Morgan fingerprint density at radius 2 is 2.07 bits per heavy atom. The highest BCUT2D eigenvalue weighted by atomic mass is 35.5. The molecule has 1 unspecified atom stereocenters. The Kier molecular flexibility index (Phi) is 4.82. The van der Waals surface area contributed by atoms with Crippen LogP contribution in [-0.2, 0) is 0 Å². The molecule has 0 spiro atoms. The van der Waals surface area contributed by atoms with Gasteiger partial charge in [-0.05, 0) is 25.7 Å². The third-order valence-electron chi connectivity index (χ3n) is 2.23. The van der Waals surface area contributed by atoms with Gasteiger partial charge in [0, 0.05) is 6.04 Å². The Labute approximate surface area is 96.3 Å². The minimum Gasteiger partial charge on any atom is -0.366 e. The summed E-state index contributed by atoms with van der Waals surface area (Å²) in [5.74, 6) is 1.46. The highest BCUT2D eigenvalue weighted by Crippen LogP contribution is 2.18. The monoisotopic (exact) mass is 227 g/mol. The molecule has 0 saturated heterocycles. The smallest absolute Gasteiger partial charge is 0.148 e. The van der Waals surface area contributed by atoms with Crippen LogP contribution < -0.4 is 5.32 Å². The number of nitrogens with zero attached hydrogens (tertiary/aromatic N) is 2. The zero-order valence-corrected chi connectivity index (χ0v) is 10.3. The molecule has 1 rings (SSSR count). The predicted molar refractivity (Wildman–Crippen MR) is 64.2 cm³/mol. The van der Waals surface area contributed by atoms with E-state index in [1.807, 2.05) is 0 Å². The average molecular weight is 228 g/mol. The van der Waals surface area contributed by atoms with Crippen molar-refractivity contribution in [2.75, 3.05) is 5.32 Å². The van der Waals surface area contributed by atoms with Crippen molar-refractivity contribution in [2.45, 2.75) is 39.7 Å². The fourth-order valence-corrected chi connectivity index (χ4v) is 1.47. The van der Waals surface area contributed by atoms with Crippen molar-refractivity contribution in [2.24, 2.45) is 5.92 Å². The summed E-state index contributed by atoms with van der Waals surface area (Å²) in [4.78, 5) is 7.93. The van der Waals surface area contributed by atoms with E-state index in [9.17, 15) is 0 Å². The van der Waals surface area contributed by atoms with E-state index in [-0.39, 0.29) is 0 Å². The van der Waals surface area contributed by atoms with Crippen LogP contribution >= 0.6 is 11.6 Å². The zero-order chi connectivity index (χ0) is 11.3. The van der Waals surface area contributed by atoms with Crippen molar-refractivity contribution in [1.29, 1.82) is 0 Å². The lowest BCUT2D eigenvalue weighted by Gasteiger charge is -2.15. The standard InChI is InChI=1S/C11H18ClN3/c1-8(2)4-5-9(3)15-11-10(12)6-13-7-14-11/h6-9H,4-5H2,1-3H3,(H,13,14,15). The van der Waals surface area contributed by atoms with E-state index < -0.39 is 0 Å². The van der Waals surface area contributed by atoms with Gasteiger partial charge in [0.2, 0.25) is 0 Å². The molecule has 0 aromatic carbocycles. The van der Waals surface area contributed by atoms with Crippen molar-refractivity contribution in [1.82, 2.24) is 9.97 Å². The van der Waals surface area contributed by atoms with Crippen molar-refractivity contribution < 1.29 is 0 Å². The molecule has 1 aromatic heterocycles. The van der Waals surface area contributed by atoms with E-state index in [1.165, 1.54) is 12.7 Å². The molecule has 0 aliphatic carbocycles. The molecule has 0 aliphatic rings. The van der Waals surface area contributed by atoms with E-state index in [1.54, 1.807) is 6.20 Å². The summed E-state index contributed by atoms with van der Waals surface area (Å²) in [6, 6.07) is 0.389. The number of rotatable bonds is 5. The average Bonchev–Trinajstić information content (AvgIpc) is 2.18. The Bertz CT molecular complexity index is 302. The Balaban J connectivity index is 2.44. The van der Waals surface area contributed by atoms with E-state index >= 15 is 0 Å². The molecule has 1 atom stereocenters. The maximum absolute atomic E-state index is 5.94. The number of anilines is 1.